The van der Waals surface area contributed by atoms with Crippen LogP contribution in [0, 0.1) is 6.92 Å². The molecule has 0 atom stereocenters. The minimum atomic E-state index is 0.795. The van der Waals surface area contributed by atoms with Gasteiger partial charge in [-0.2, -0.15) is 0 Å². The molecule has 0 N–H and O–H groups in total. The van der Waals surface area contributed by atoms with Crippen LogP contribution in [0.25, 0.3) is 10.9 Å². The van der Waals surface area contributed by atoms with Crippen molar-refractivity contribution in [1.29, 1.82) is 0 Å². The first kappa shape index (κ1) is 14.8. The van der Waals surface area contributed by atoms with E-state index in [9.17, 15) is 0 Å². The Morgan fingerprint density at radius 1 is 0.950 bits per heavy atom. The Balaban J connectivity index is 1.86. The highest BCUT2D eigenvalue weighted by Crippen LogP contribution is 2.13. The number of fused-ring (bicyclic) bond motifs is 1. The number of hydrogen-bond donors (Lipinski definition) is 0. The second kappa shape index (κ2) is 7.88. The summed E-state index contributed by atoms with van der Waals surface area (Å²) in [5.74, 6) is 0. The van der Waals surface area contributed by atoms with Crippen molar-refractivity contribution in [3.05, 3.63) is 42.1 Å². The fraction of sp³-hybridized carbons (Fsp3) is 0.500. The SMILES string of the molecule is CCCCCCCCO[n+]1ccc(C)c2ccccc21. The standard InChI is InChI=1S/C18H26NO/c1-3-4-5-6-7-10-15-20-19-14-13-16(2)17-11-8-9-12-18(17)19/h8-9,11-14H,3-7,10,15H2,1-2H3/q+1. The van der Waals surface area contributed by atoms with E-state index in [1.165, 1.54) is 43.1 Å². The zero-order valence-electron chi connectivity index (χ0n) is 12.8. The molecule has 0 unspecified atom stereocenters. The van der Waals surface area contributed by atoms with Gasteiger partial charge in [-0.05, 0) is 31.4 Å². The second-order valence-corrected chi connectivity index (χ2v) is 5.44. The van der Waals surface area contributed by atoms with Crippen molar-refractivity contribution in [2.24, 2.45) is 0 Å². The zero-order valence-corrected chi connectivity index (χ0v) is 12.8. The van der Waals surface area contributed by atoms with Crippen molar-refractivity contribution in [2.75, 3.05) is 6.61 Å². The van der Waals surface area contributed by atoms with Crippen molar-refractivity contribution in [3.63, 3.8) is 0 Å². The quantitative estimate of drug-likeness (QED) is 0.518. The number of unbranched alkanes of at least 4 members (excludes halogenated alkanes) is 5. The van der Waals surface area contributed by atoms with Gasteiger partial charge >= 0.3 is 0 Å². The lowest BCUT2D eigenvalue weighted by Gasteiger charge is -2.03. The zero-order chi connectivity index (χ0) is 14.2. The fourth-order valence-electron chi connectivity index (χ4n) is 2.51. The number of aryl methyl sites for hydroxylation is 1. The maximum Gasteiger partial charge on any atom is 0.264 e. The number of pyridine rings is 1. The van der Waals surface area contributed by atoms with Crippen LogP contribution in [-0.2, 0) is 0 Å². The van der Waals surface area contributed by atoms with Crippen LogP contribution in [0.5, 0.6) is 0 Å². The van der Waals surface area contributed by atoms with E-state index in [4.69, 9.17) is 4.84 Å². The van der Waals surface area contributed by atoms with Gasteiger partial charge in [0.15, 0.2) is 6.61 Å². The van der Waals surface area contributed by atoms with Gasteiger partial charge in [0.05, 0.1) is 5.39 Å². The second-order valence-electron chi connectivity index (χ2n) is 5.44. The Bertz CT molecular complexity index is 536. The maximum atomic E-state index is 5.90. The van der Waals surface area contributed by atoms with Crippen molar-refractivity contribution in [1.82, 2.24) is 0 Å². The molecule has 0 bridgehead atoms. The molecule has 108 valence electrons. The number of para-hydroxylation sites is 1. The molecular weight excluding hydrogens is 246 g/mol. The summed E-state index contributed by atoms with van der Waals surface area (Å²) in [5, 5.41) is 1.26. The molecule has 0 fully saturated rings. The molecule has 0 saturated heterocycles. The smallest absolute Gasteiger partial charge is 0.264 e. The predicted molar refractivity (Wildman–Crippen MR) is 83.7 cm³/mol. The van der Waals surface area contributed by atoms with Gasteiger partial charge in [0.1, 0.15) is 0 Å². The van der Waals surface area contributed by atoms with Gasteiger partial charge < -0.3 is 0 Å². The summed E-state index contributed by atoms with van der Waals surface area (Å²) in [6.45, 7) is 5.19. The summed E-state index contributed by atoms with van der Waals surface area (Å²) < 4.78 is 1.91. The summed E-state index contributed by atoms with van der Waals surface area (Å²) in [6.07, 6.45) is 9.78. The average molecular weight is 272 g/mol. The lowest BCUT2D eigenvalue weighted by molar-refractivity contribution is -0.871. The van der Waals surface area contributed by atoms with E-state index in [-0.39, 0.29) is 0 Å². The largest absolute Gasteiger partial charge is 0.271 e. The number of hydrogen-bond acceptors (Lipinski definition) is 1. The first-order chi connectivity index (χ1) is 9.83. The molecular formula is C18H26NO+. The van der Waals surface area contributed by atoms with Crippen LogP contribution >= 0.6 is 0 Å². The molecule has 0 aliphatic rings. The lowest BCUT2D eigenvalue weighted by Crippen LogP contribution is -2.43. The Hall–Kier alpha value is -1.57. The van der Waals surface area contributed by atoms with Crippen LogP contribution in [0.4, 0.5) is 0 Å². The molecule has 1 aromatic heterocycles. The van der Waals surface area contributed by atoms with Crippen molar-refractivity contribution >= 4 is 10.9 Å². The molecule has 0 aliphatic carbocycles. The molecule has 1 aromatic carbocycles. The van der Waals surface area contributed by atoms with Crippen LogP contribution in [0.3, 0.4) is 0 Å². The third-order valence-corrected chi connectivity index (χ3v) is 3.75. The van der Waals surface area contributed by atoms with E-state index in [1.807, 2.05) is 10.9 Å². The third kappa shape index (κ3) is 3.96. The van der Waals surface area contributed by atoms with Gasteiger partial charge in [0, 0.05) is 16.9 Å². The van der Waals surface area contributed by atoms with E-state index in [0.717, 1.165) is 18.5 Å². The number of aromatic nitrogens is 1. The summed E-state index contributed by atoms with van der Waals surface area (Å²) in [5.41, 5.74) is 2.44. The maximum absolute atomic E-state index is 5.90. The molecule has 1 heterocycles. The minimum Gasteiger partial charge on any atom is -0.271 e. The third-order valence-electron chi connectivity index (χ3n) is 3.75. The Labute approximate surface area is 122 Å². The van der Waals surface area contributed by atoms with Crippen molar-refractivity contribution in [2.45, 2.75) is 52.4 Å². The van der Waals surface area contributed by atoms with Gasteiger partial charge in [-0.3, -0.25) is 4.84 Å². The average Bonchev–Trinajstić information content (AvgIpc) is 2.49. The van der Waals surface area contributed by atoms with Crippen LogP contribution in [0.15, 0.2) is 36.5 Å². The summed E-state index contributed by atoms with van der Waals surface area (Å²) in [4.78, 5) is 5.90. The number of benzene rings is 1. The Morgan fingerprint density at radius 2 is 1.70 bits per heavy atom. The summed E-state index contributed by atoms with van der Waals surface area (Å²) in [7, 11) is 0. The van der Waals surface area contributed by atoms with E-state index < -0.39 is 0 Å². The van der Waals surface area contributed by atoms with Crippen LogP contribution in [0.2, 0.25) is 0 Å². The highest BCUT2D eigenvalue weighted by atomic mass is 16.7. The molecule has 0 aliphatic heterocycles. The molecule has 0 spiro atoms. The first-order valence-corrected chi connectivity index (χ1v) is 7.86. The fourth-order valence-corrected chi connectivity index (χ4v) is 2.51. The van der Waals surface area contributed by atoms with Crippen molar-refractivity contribution < 1.29 is 9.57 Å². The van der Waals surface area contributed by atoms with Crippen molar-refractivity contribution in [3.8, 4) is 0 Å². The summed E-state index contributed by atoms with van der Waals surface area (Å²) in [6, 6.07) is 10.5. The first-order valence-electron chi connectivity index (χ1n) is 7.86. The lowest BCUT2D eigenvalue weighted by atomic mass is 10.1. The van der Waals surface area contributed by atoms with Gasteiger partial charge in [-0.25, -0.2) is 0 Å². The molecule has 2 heteroatoms. The highest BCUT2D eigenvalue weighted by Gasteiger charge is 2.11. The van der Waals surface area contributed by atoms with Crippen LogP contribution in [-0.4, -0.2) is 6.61 Å². The van der Waals surface area contributed by atoms with E-state index in [1.54, 1.807) is 0 Å². The number of nitrogens with zero attached hydrogens (tertiary/aromatic N) is 1. The molecule has 2 nitrogen and oxygen atoms in total. The minimum absolute atomic E-state index is 0.795. The monoisotopic (exact) mass is 272 g/mol. The van der Waals surface area contributed by atoms with Gasteiger partial charge in [-0.15, -0.1) is 0 Å². The van der Waals surface area contributed by atoms with Gasteiger partial charge in [0.2, 0.25) is 6.20 Å². The van der Waals surface area contributed by atoms with Crippen LogP contribution in [0.1, 0.15) is 51.0 Å². The molecule has 2 rings (SSSR count). The Kier molecular flexibility index (Phi) is 5.85. The molecule has 0 radical (unpaired) electrons. The molecule has 0 saturated carbocycles. The van der Waals surface area contributed by atoms with Gasteiger partial charge in [0.25, 0.3) is 5.52 Å². The van der Waals surface area contributed by atoms with Crippen LogP contribution < -0.4 is 9.57 Å². The van der Waals surface area contributed by atoms with E-state index >= 15 is 0 Å². The van der Waals surface area contributed by atoms with E-state index in [2.05, 4.69) is 44.2 Å². The van der Waals surface area contributed by atoms with E-state index in [0.29, 0.717) is 0 Å². The van der Waals surface area contributed by atoms with Gasteiger partial charge in [-0.1, -0.05) is 44.7 Å². The highest BCUT2D eigenvalue weighted by molar-refractivity contribution is 5.78. The number of rotatable bonds is 8. The molecule has 20 heavy (non-hydrogen) atoms. The Morgan fingerprint density at radius 3 is 2.55 bits per heavy atom. The topological polar surface area (TPSA) is 13.1 Å². The summed E-state index contributed by atoms with van der Waals surface area (Å²) >= 11 is 0. The molecule has 0 amide bonds. The molecule has 2 aromatic rings. The normalized spacial score (nSPS) is 10.9. The predicted octanol–water partition coefficient (Wildman–Crippen LogP) is 4.22.